The molecule has 1 N–H and O–H groups in total. The molecule has 0 fully saturated rings. The number of aliphatic hydroxyl groups excluding tert-OH is 1. The molecule has 2 aromatic rings. The van der Waals surface area contributed by atoms with Crippen LogP contribution in [0.5, 0.6) is 0 Å². The van der Waals surface area contributed by atoms with Crippen molar-refractivity contribution in [3.8, 4) is 0 Å². The Morgan fingerprint density at radius 2 is 2.06 bits per heavy atom. The summed E-state index contributed by atoms with van der Waals surface area (Å²) in [4.78, 5) is 4.18. The zero-order valence-corrected chi connectivity index (χ0v) is 10.0. The number of nitrogens with zero attached hydrogens (tertiary/aromatic N) is 1. The number of aromatic nitrogens is 1. The Labute approximate surface area is 102 Å². The Balaban J connectivity index is 2.25. The van der Waals surface area contributed by atoms with Gasteiger partial charge in [0.25, 0.3) is 0 Å². The van der Waals surface area contributed by atoms with Gasteiger partial charge in [0.2, 0.25) is 0 Å². The molecule has 0 saturated carbocycles. The lowest BCUT2D eigenvalue weighted by Gasteiger charge is -2.11. The van der Waals surface area contributed by atoms with Gasteiger partial charge in [0.05, 0.1) is 5.69 Å². The minimum Gasteiger partial charge on any atom is -0.382 e. The fourth-order valence-electron chi connectivity index (χ4n) is 1.92. The Morgan fingerprint density at radius 1 is 1.18 bits per heavy atom. The minimum atomic E-state index is -0.631. The molecular formula is C15H17NO. The molecule has 1 aromatic carbocycles. The predicted molar refractivity (Wildman–Crippen MR) is 68.7 cm³/mol. The molecule has 0 bridgehead atoms. The van der Waals surface area contributed by atoms with Crippen LogP contribution < -0.4 is 0 Å². The highest BCUT2D eigenvalue weighted by atomic mass is 16.3. The Kier molecular flexibility index (Phi) is 3.89. The van der Waals surface area contributed by atoms with Crippen LogP contribution in [0.4, 0.5) is 0 Å². The first-order valence-electron chi connectivity index (χ1n) is 5.99. The zero-order valence-electron chi connectivity index (χ0n) is 10.0. The highest BCUT2D eigenvalue weighted by Gasteiger charge is 2.11. The molecule has 0 saturated heterocycles. The van der Waals surface area contributed by atoms with E-state index in [0.29, 0.717) is 5.69 Å². The maximum Gasteiger partial charge on any atom is 0.121 e. The van der Waals surface area contributed by atoms with Crippen LogP contribution in [0.15, 0.2) is 48.7 Å². The van der Waals surface area contributed by atoms with Crippen molar-refractivity contribution in [2.75, 3.05) is 0 Å². The third-order valence-electron chi connectivity index (χ3n) is 2.77. The summed E-state index contributed by atoms with van der Waals surface area (Å²) in [6.07, 6.45) is 3.23. The topological polar surface area (TPSA) is 33.1 Å². The van der Waals surface area contributed by atoms with E-state index in [0.717, 1.165) is 18.4 Å². The second-order valence-corrected chi connectivity index (χ2v) is 4.15. The first-order valence-corrected chi connectivity index (χ1v) is 5.99. The summed E-state index contributed by atoms with van der Waals surface area (Å²) >= 11 is 0. The van der Waals surface area contributed by atoms with Crippen molar-refractivity contribution in [3.63, 3.8) is 0 Å². The van der Waals surface area contributed by atoms with E-state index in [1.807, 2.05) is 30.3 Å². The monoisotopic (exact) mass is 227 g/mol. The molecule has 17 heavy (non-hydrogen) atoms. The number of rotatable bonds is 4. The Hall–Kier alpha value is -1.67. The van der Waals surface area contributed by atoms with Gasteiger partial charge in [-0.3, -0.25) is 4.98 Å². The average molecular weight is 227 g/mol. The Bertz CT molecular complexity index is 467. The van der Waals surface area contributed by atoms with Crippen molar-refractivity contribution in [3.05, 3.63) is 65.5 Å². The van der Waals surface area contributed by atoms with Crippen LogP contribution in [0.3, 0.4) is 0 Å². The molecule has 1 heterocycles. The summed E-state index contributed by atoms with van der Waals surface area (Å²) in [6.45, 7) is 2.15. The van der Waals surface area contributed by atoms with Gasteiger partial charge in [-0.1, -0.05) is 43.7 Å². The molecule has 2 nitrogen and oxygen atoms in total. The van der Waals surface area contributed by atoms with Gasteiger partial charge in [0.1, 0.15) is 6.10 Å². The maximum atomic E-state index is 10.2. The molecule has 0 spiro atoms. The highest BCUT2D eigenvalue weighted by molar-refractivity contribution is 5.29. The van der Waals surface area contributed by atoms with Gasteiger partial charge in [0, 0.05) is 6.20 Å². The van der Waals surface area contributed by atoms with E-state index in [1.54, 1.807) is 6.20 Å². The van der Waals surface area contributed by atoms with Crippen LogP contribution in [-0.4, -0.2) is 10.1 Å². The highest BCUT2D eigenvalue weighted by Crippen LogP contribution is 2.21. The van der Waals surface area contributed by atoms with Crippen LogP contribution in [-0.2, 0) is 6.42 Å². The lowest BCUT2D eigenvalue weighted by atomic mass is 10.0. The second kappa shape index (κ2) is 5.60. The van der Waals surface area contributed by atoms with E-state index in [2.05, 4.69) is 24.0 Å². The van der Waals surface area contributed by atoms with E-state index in [9.17, 15) is 5.11 Å². The smallest absolute Gasteiger partial charge is 0.121 e. The van der Waals surface area contributed by atoms with E-state index in [4.69, 9.17) is 0 Å². The summed E-state index contributed by atoms with van der Waals surface area (Å²) in [6, 6.07) is 13.7. The molecule has 1 unspecified atom stereocenters. The standard InChI is InChI=1S/C15H17NO/c1-2-6-12-7-5-8-13(11-12)15(17)14-9-3-4-10-16-14/h3-5,7-11,15,17H,2,6H2,1H3. The fraction of sp³-hybridized carbons (Fsp3) is 0.267. The van der Waals surface area contributed by atoms with Crippen LogP contribution in [0.2, 0.25) is 0 Å². The third-order valence-corrected chi connectivity index (χ3v) is 2.77. The normalized spacial score (nSPS) is 12.4. The molecule has 0 amide bonds. The van der Waals surface area contributed by atoms with Gasteiger partial charge in [-0.15, -0.1) is 0 Å². The van der Waals surface area contributed by atoms with Gasteiger partial charge in [-0.05, 0) is 29.7 Å². The number of hydrogen-bond acceptors (Lipinski definition) is 2. The molecule has 0 aliphatic carbocycles. The van der Waals surface area contributed by atoms with Crippen molar-refractivity contribution in [1.82, 2.24) is 4.98 Å². The number of pyridine rings is 1. The number of benzene rings is 1. The molecule has 2 rings (SSSR count). The summed E-state index contributed by atoms with van der Waals surface area (Å²) in [7, 11) is 0. The van der Waals surface area contributed by atoms with E-state index in [1.165, 1.54) is 5.56 Å². The number of hydrogen-bond donors (Lipinski definition) is 1. The maximum absolute atomic E-state index is 10.2. The molecule has 0 aliphatic rings. The predicted octanol–water partition coefficient (Wildman–Crippen LogP) is 3.12. The van der Waals surface area contributed by atoms with Gasteiger partial charge < -0.3 is 5.11 Å². The van der Waals surface area contributed by atoms with Crippen molar-refractivity contribution in [2.45, 2.75) is 25.9 Å². The molecular weight excluding hydrogens is 210 g/mol. The largest absolute Gasteiger partial charge is 0.382 e. The summed E-state index contributed by atoms with van der Waals surface area (Å²) in [5.41, 5.74) is 2.87. The number of aryl methyl sites for hydroxylation is 1. The quantitative estimate of drug-likeness (QED) is 0.870. The van der Waals surface area contributed by atoms with Crippen molar-refractivity contribution in [2.24, 2.45) is 0 Å². The van der Waals surface area contributed by atoms with Gasteiger partial charge in [-0.25, -0.2) is 0 Å². The Morgan fingerprint density at radius 3 is 2.76 bits per heavy atom. The first kappa shape index (κ1) is 11.8. The zero-order chi connectivity index (χ0) is 12.1. The molecule has 1 aromatic heterocycles. The molecule has 0 radical (unpaired) electrons. The van der Waals surface area contributed by atoms with Gasteiger partial charge in [0.15, 0.2) is 0 Å². The van der Waals surface area contributed by atoms with Gasteiger partial charge in [-0.2, -0.15) is 0 Å². The fourth-order valence-corrected chi connectivity index (χ4v) is 1.92. The van der Waals surface area contributed by atoms with E-state index < -0.39 is 6.10 Å². The molecule has 0 aliphatic heterocycles. The van der Waals surface area contributed by atoms with E-state index in [-0.39, 0.29) is 0 Å². The second-order valence-electron chi connectivity index (χ2n) is 4.15. The number of aliphatic hydroxyl groups is 1. The molecule has 2 heteroatoms. The van der Waals surface area contributed by atoms with E-state index >= 15 is 0 Å². The molecule has 1 atom stereocenters. The molecule has 88 valence electrons. The summed E-state index contributed by atoms with van der Waals surface area (Å²) < 4.78 is 0. The van der Waals surface area contributed by atoms with Crippen molar-refractivity contribution < 1.29 is 5.11 Å². The van der Waals surface area contributed by atoms with Crippen molar-refractivity contribution >= 4 is 0 Å². The SMILES string of the molecule is CCCc1cccc(C(O)c2ccccn2)c1. The third kappa shape index (κ3) is 2.92. The first-order chi connectivity index (χ1) is 8.31. The summed E-state index contributed by atoms with van der Waals surface area (Å²) in [5.74, 6) is 0. The van der Waals surface area contributed by atoms with Crippen LogP contribution >= 0.6 is 0 Å². The van der Waals surface area contributed by atoms with Gasteiger partial charge >= 0.3 is 0 Å². The lowest BCUT2D eigenvalue weighted by molar-refractivity contribution is 0.215. The van der Waals surface area contributed by atoms with Crippen molar-refractivity contribution in [1.29, 1.82) is 0 Å². The average Bonchev–Trinajstić information content (AvgIpc) is 2.40. The summed E-state index contributed by atoms with van der Waals surface area (Å²) in [5, 5.41) is 10.2. The van der Waals surface area contributed by atoms with Crippen LogP contribution in [0, 0.1) is 0 Å². The van der Waals surface area contributed by atoms with Crippen LogP contribution in [0.25, 0.3) is 0 Å². The minimum absolute atomic E-state index is 0.631. The van der Waals surface area contributed by atoms with Crippen LogP contribution in [0.1, 0.15) is 36.3 Å². The lowest BCUT2D eigenvalue weighted by Crippen LogP contribution is -2.02.